The van der Waals surface area contributed by atoms with E-state index in [-0.39, 0.29) is 5.54 Å². The molecule has 0 saturated heterocycles. The van der Waals surface area contributed by atoms with Gasteiger partial charge in [-0.05, 0) is 48.9 Å². The van der Waals surface area contributed by atoms with Gasteiger partial charge in [-0.1, -0.05) is 25.8 Å². The van der Waals surface area contributed by atoms with E-state index in [0.29, 0.717) is 0 Å². The first-order chi connectivity index (χ1) is 8.05. The van der Waals surface area contributed by atoms with E-state index < -0.39 is 0 Å². The van der Waals surface area contributed by atoms with E-state index in [0.717, 1.165) is 24.5 Å². The molecule has 1 fully saturated rings. The zero-order valence-corrected chi connectivity index (χ0v) is 11.1. The molecular weight excluding hydrogens is 210 g/mol. The second kappa shape index (κ2) is 4.69. The lowest BCUT2D eigenvalue weighted by Gasteiger charge is -2.38. The standard InChI is InChI=1S/C15H23NO/c1-11-5-4-8-15(16,10-11)14-7-6-13(17-3)9-12(14)2/h6-7,9,11H,4-5,8,10,16H2,1-3H3. The maximum absolute atomic E-state index is 6.62. The highest BCUT2D eigenvalue weighted by Crippen LogP contribution is 2.39. The number of ether oxygens (including phenoxy) is 1. The molecule has 0 heterocycles. The lowest BCUT2D eigenvalue weighted by atomic mass is 9.72. The third-order valence-corrected chi connectivity index (χ3v) is 4.00. The van der Waals surface area contributed by atoms with Crippen LogP contribution in [-0.4, -0.2) is 7.11 Å². The predicted octanol–water partition coefficient (Wildman–Crippen LogP) is 3.37. The molecule has 2 nitrogen and oxygen atoms in total. The highest BCUT2D eigenvalue weighted by Gasteiger charge is 2.33. The van der Waals surface area contributed by atoms with Gasteiger partial charge in [0, 0.05) is 5.54 Å². The van der Waals surface area contributed by atoms with Crippen molar-refractivity contribution in [3.05, 3.63) is 29.3 Å². The number of methoxy groups -OCH3 is 1. The molecular formula is C15H23NO. The van der Waals surface area contributed by atoms with Crippen molar-refractivity contribution < 1.29 is 4.74 Å². The van der Waals surface area contributed by atoms with Crippen LogP contribution in [0.2, 0.25) is 0 Å². The number of hydrogen-bond donors (Lipinski definition) is 1. The lowest BCUT2D eigenvalue weighted by molar-refractivity contribution is 0.238. The molecule has 0 aromatic heterocycles. The average molecular weight is 233 g/mol. The molecule has 1 aliphatic rings. The van der Waals surface area contributed by atoms with Crippen LogP contribution < -0.4 is 10.5 Å². The van der Waals surface area contributed by atoms with Crippen LogP contribution in [0.3, 0.4) is 0 Å². The second-order valence-corrected chi connectivity index (χ2v) is 5.54. The summed E-state index contributed by atoms with van der Waals surface area (Å²) in [4.78, 5) is 0. The molecule has 17 heavy (non-hydrogen) atoms. The summed E-state index contributed by atoms with van der Waals surface area (Å²) < 4.78 is 5.25. The number of nitrogens with two attached hydrogens (primary N) is 1. The molecule has 1 aromatic carbocycles. The van der Waals surface area contributed by atoms with Crippen LogP contribution in [0.4, 0.5) is 0 Å². The van der Waals surface area contributed by atoms with Crippen molar-refractivity contribution in [3.63, 3.8) is 0 Å². The van der Waals surface area contributed by atoms with E-state index in [1.165, 1.54) is 24.0 Å². The first-order valence-electron chi connectivity index (χ1n) is 6.49. The molecule has 0 amide bonds. The molecule has 0 bridgehead atoms. The minimum Gasteiger partial charge on any atom is -0.497 e. The molecule has 0 spiro atoms. The summed E-state index contributed by atoms with van der Waals surface area (Å²) >= 11 is 0. The molecule has 1 aromatic rings. The van der Waals surface area contributed by atoms with Crippen molar-refractivity contribution in [3.8, 4) is 5.75 Å². The Kier molecular flexibility index (Phi) is 3.43. The fourth-order valence-electron chi connectivity index (χ4n) is 3.16. The SMILES string of the molecule is COc1ccc(C2(N)CCCC(C)C2)c(C)c1. The summed E-state index contributed by atoms with van der Waals surface area (Å²) in [5.41, 5.74) is 9.04. The van der Waals surface area contributed by atoms with Gasteiger partial charge in [0.25, 0.3) is 0 Å². The second-order valence-electron chi connectivity index (χ2n) is 5.54. The van der Waals surface area contributed by atoms with Gasteiger partial charge in [0.05, 0.1) is 7.11 Å². The number of hydrogen-bond acceptors (Lipinski definition) is 2. The van der Waals surface area contributed by atoms with E-state index in [4.69, 9.17) is 10.5 Å². The predicted molar refractivity (Wildman–Crippen MR) is 71.2 cm³/mol. The van der Waals surface area contributed by atoms with Crippen molar-refractivity contribution in [2.45, 2.75) is 45.1 Å². The molecule has 1 aliphatic carbocycles. The third-order valence-electron chi connectivity index (χ3n) is 4.00. The van der Waals surface area contributed by atoms with Crippen molar-refractivity contribution >= 4 is 0 Å². The van der Waals surface area contributed by atoms with E-state index >= 15 is 0 Å². The Hall–Kier alpha value is -1.02. The fraction of sp³-hybridized carbons (Fsp3) is 0.600. The van der Waals surface area contributed by atoms with Gasteiger partial charge in [0.1, 0.15) is 5.75 Å². The molecule has 2 rings (SSSR count). The normalized spacial score (nSPS) is 29.1. The largest absolute Gasteiger partial charge is 0.497 e. The van der Waals surface area contributed by atoms with Gasteiger partial charge >= 0.3 is 0 Å². The molecule has 0 aliphatic heterocycles. The Morgan fingerprint density at radius 3 is 2.76 bits per heavy atom. The molecule has 94 valence electrons. The Bertz CT molecular complexity index is 402. The van der Waals surface area contributed by atoms with Crippen molar-refractivity contribution in [1.29, 1.82) is 0 Å². The summed E-state index contributed by atoms with van der Waals surface area (Å²) in [6.45, 7) is 4.44. The van der Waals surface area contributed by atoms with Crippen molar-refractivity contribution in [2.24, 2.45) is 11.7 Å². The highest BCUT2D eigenvalue weighted by atomic mass is 16.5. The maximum atomic E-state index is 6.62. The zero-order chi connectivity index (χ0) is 12.5. The van der Waals surface area contributed by atoms with Gasteiger partial charge < -0.3 is 10.5 Å². The highest BCUT2D eigenvalue weighted by molar-refractivity contribution is 5.39. The molecule has 2 N–H and O–H groups in total. The first kappa shape index (κ1) is 12.4. The van der Waals surface area contributed by atoms with E-state index in [1.807, 2.05) is 6.07 Å². The van der Waals surface area contributed by atoms with Crippen LogP contribution in [0.15, 0.2) is 18.2 Å². The number of benzene rings is 1. The molecule has 0 radical (unpaired) electrons. The van der Waals surface area contributed by atoms with E-state index in [1.54, 1.807) is 7.11 Å². The number of aryl methyl sites for hydroxylation is 1. The van der Waals surface area contributed by atoms with Crippen LogP contribution in [-0.2, 0) is 5.54 Å². The zero-order valence-electron chi connectivity index (χ0n) is 11.1. The van der Waals surface area contributed by atoms with Gasteiger partial charge in [0.2, 0.25) is 0 Å². The van der Waals surface area contributed by atoms with Crippen LogP contribution in [0, 0.1) is 12.8 Å². The first-order valence-corrected chi connectivity index (χ1v) is 6.49. The van der Waals surface area contributed by atoms with Gasteiger partial charge in [-0.2, -0.15) is 0 Å². The van der Waals surface area contributed by atoms with Crippen molar-refractivity contribution in [2.75, 3.05) is 7.11 Å². The van der Waals surface area contributed by atoms with Gasteiger partial charge in [-0.3, -0.25) is 0 Å². The summed E-state index contributed by atoms with van der Waals surface area (Å²) in [6.07, 6.45) is 4.75. The minimum absolute atomic E-state index is 0.131. The van der Waals surface area contributed by atoms with Crippen LogP contribution in [0.25, 0.3) is 0 Å². The Labute approximate surface area is 104 Å². The monoisotopic (exact) mass is 233 g/mol. The third kappa shape index (κ3) is 2.47. The lowest BCUT2D eigenvalue weighted by Crippen LogP contribution is -2.41. The van der Waals surface area contributed by atoms with E-state index in [9.17, 15) is 0 Å². The Morgan fingerprint density at radius 2 is 2.18 bits per heavy atom. The minimum atomic E-state index is -0.131. The van der Waals surface area contributed by atoms with Crippen molar-refractivity contribution in [1.82, 2.24) is 0 Å². The molecule has 2 atom stereocenters. The van der Waals surface area contributed by atoms with Gasteiger partial charge in [0.15, 0.2) is 0 Å². The molecule has 2 heteroatoms. The smallest absolute Gasteiger partial charge is 0.119 e. The fourth-order valence-corrected chi connectivity index (χ4v) is 3.16. The topological polar surface area (TPSA) is 35.2 Å². The maximum Gasteiger partial charge on any atom is 0.119 e. The van der Waals surface area contributed by atoms with Gasteiger partial charge in [-0.15, -0.1) is 0 Å². The molecule has 1 saturated carbocycles. The van der Waals surface area contributed by atoms with Crippen LogP contribution >= 0.6 is 0 Å². The van der Waals surface area contributed by atoms with Crippen LogP contribution in [0.1, 0.15) is 43.7 Å². The van der Waals surface area contributed by atoms with Gasteiger partial charge in [-0.25, -0.2) is 0 Å². The Morgan fingerprint density at radius 1 is 1.41 bits per heavy atom. The summed E-state index contributed by atoms with van der Waals surface area (Å²) in [5, 5.41) is 0. The average Bonchev–Trinajstić information content (AvgIpc) is 2.28. The van der Waals surface area contributed by atoms with Crippen LogP contribution in [0.5, 0.6) is 5.75 Å². The van der Waals surface area contributed by atoms with E-state index in [2.05, 4.69) is 26.0 Å². The number of rotatable bonds is 2. The summed E-state index contributed by atoms with van der Waals surface area (Å²) in [7, 11) is 1.70. The Balaban J connectivity index is 2.32. The summed E-state index contributed by atoms with van der Waals surface area (Å²) in [6, 6.07) is 6.26. The molecule has 2 unspecified atom stereocenters. The quantitative estimate of drug-likeness (QED) is 0.850. The summed E-state index contributed by atoms with van der Waals surface area (Å²) in [5.74, 6) is 1.65.